The maximum Gasteiger partial charge on any atom is 0.270 e. The molecule has 0 radical (unpaired) electrons. The molecular weight excluding hydrogens is 412 g/mol. The Morgan fingerprint density at radius 3 is 2.10 bits per heavy atom. The smallest absolute Gasteiger partial charge is 0.270 e. The Morgan fingerprint density at radius 2 is 1.42 bits per heavy atom. The van der Waals surface area contributed by atoms with Gasteiger partial charge in [0.25, 0.3) is 17.7 Å². The van der Waals surface area contributed by atoms with Gasteiger partial charge in [0.15, 0.2) is 5.17 Å². The number of amides is 3. The summed E-state index contributed by atoms with van der Waals surface area (Å²) in [7, 11) is 0. The van der Waals surface area contributed by atoms with E-state index in [1.165, 1.54) is 16.8 Å². The molecule has 1 saturated heterocycles. The van der Waals surface area contributed by atoms with Crippen molar-refractivity contribution in [3.8, 4) is 0 Å². The molecule has 1 fully saturated rings. The fourth-order valence-corrected chi connectivity index (χ4v) is 3.66. The number of thioether (sulfide) groups is 1. The van der Waals surface area contributed by atoms with Crippen molar-refractivity contribution in [3.63, 3.8) is 0 Å². The van der Waals surface area contributed by atoms with Gasteiger partial charge in [-0.1, -0.05) is 48.2 Å². The number of nitrogens with one attached hydrogen (secondary N) is 2. The number of rotatable bonds is 5. The number of hydrogen-bond donors (Lipinski definition) is 2. The predicted octanol–water partition coefficient (Wildman–Crippen LogP) is 3.85. The average molecular weight is 430 g/mol. The van der Waals surface area contributed by atoms with E-state index in [9.17, 15) is 14.4 Å². The maximum atomic E-state index is 12.6. The normalized spacial score (nSPS) is 14.5. The first-order chi connectivity index (χ1) is 15.1. The van der Waals surface area contributed by atoms with Gasteiger partial charge in [-0.25, -0.2) is 4.99 Å². The molecule has 3 aromatic rings. The summed E-state index contributed by atoms with van der Waals surface area (Å²) in [6, 6.07) is 24.5. The van der Waals surface area contributed by atoms with E-state index in [2.05, 4.69) is 15.7 Å². The number of hydrogen-bond acceptors (Lipinski definition) is 5. The second-order valence-electron chi connectivity index (χ2n) is 6.59. The summed E-state index contributed by atoms with van der Waals surface area (Å²) >= 11 is 1.26. The van der Waals surface area contributed by atoms with E-state index in [0.717, 1.165) is 0 Å². The highest BCUT2D eigenvalue weighted by molar-refractivity contribution is 8.15. The van der Waals surface area contributed by atoms with Crippen molar-refractivity contribution in [3.05, 3.63) is 96.1 Å². The fraction of sp³-hybridized carbons (Fsp3) is 0.0435. The zero-order chi connectivity index (χ0) is 21.6. The van der Waals surface area contributed by atoms with Crippen molar-refractivity contribution >= 4 is 46.0 Å². The number of anilines is 1. The molecule has 8 heteroatoms. The van der Waals surface area contributed by atoms with Gasteiger partial charge in [0.2, 0.25) is 0 Å². The molecule has 1 aliphatic heterocycles. The highest BCUT2D eigenvalue weighted by Crippen LogP contribution is 2.22. The van der Waals surface area contributed by atoms with E-state index in [-0.39, 0.29) is 17.6 Å². The molecule has 0 aromatic heterocycles. The molecule has 0 bridgehead atoms. The van der Waals surface area contributed by atoms with Crippen molar-refractivity contribution in [2.75, 3.05) is 11.1 Å². The molecule has 7 nitrogen and oxygen atoms in total. The van der Waals surface area contributed by atoms with Crippen LogP contribution in [0.2, 0.25) is 0 Å². The Balaban J connectivity index is 1.43. The molecule has 1 heterocycles. The van der Waals surface area contributed by atoms with Crippen molar-refractivity contribution in [2.24, 2.45) is 4.99 Å². The summed E-state index contributed by atoms with van der Waals surface area (Å²) in [5.41, 5.74) is 4.75. The van der Waals surface area contributed by atoms with Crippen molar-refractivity contribution < 1.29 is 14.4 Å². The quantitative estimate of drug-likeness (QED) is 0.643. The van der Waals surface area contributed by atoms with Crippen LogP contribution in [-0.2, 0) is 4.79 Å². The molecule has 3 amide bonds. The number of aliphatic imine (C=N–C) groups is 1. The number of carbonyl (C=O) groups excluding carboxylic acids is 3. The predicted molar refractivity (Wildman–Crippen MR) is 121 cm³/mol. The van der Waals surface area contributed by atoms with Gasteiger partial charge in [0.1, 0.15) is 0 Å². The maximum absolute atomic E-state index is 12.6. The average Bonchev–Trinajstić information content (AvgIpc) is 3.14. The molecule has 1 aliphatic rings. The number of para-hydroxylation sites is 1. The summed E-state index contributed by atoms with van der Waals surface area (Å²) in [6.45, 7) is 0. The number of nitrogens with zero attached hydrogens (tertiary/aromatic N) is 2. The van der Waals surface area contributed by atoms with Crippen molar-refractivity contribution in [1.29, 1.82) is 0 Å². The third kappa shape index (κ3) is 4.99. The van der Waals surface area contributed by atoms with Crippen LogP contribution in [0, 0.1) is 0 Å². The molecule has 0 unspecified atom stereocenters. The first-order valence-electron chi connectivity index (χ1n) is 9.47. The molecule has 31 heavy (non-hydrogen) atoms. The molecule has 0 atom stereocenters. The number of amidine groups is 1. The summed E-state index contributed by atoms with van der Waals surface area (Å²) in [5.74, 6) is -0.729. The third-order valence-electron chi connectivity index (χ3n) is 4.40. The van der Waals surface area contributed by atoms with Crippen molar-refractivity contribution in [1.82, 2.24) is 10.4 Å². The Morgan fingerprint density at radius 1 is 0.806 bits per heavy atom. The highest BCUT2D eigenvalue weighted by atomic mass is 32.2. The second-order valence-corrected chi connectivity index (χ2v) is 7.53. The standard InChI is InChI=1S/C23H18N4O3S/c28-20-15-31-23(25-18-9-5-2-6-10-18)27(20)26-22(30)17-11-13-19(14-12-17)24-21(29)16-7-3-1-4-8-16/h1-14H,15H2,(H,24,29)(H,26,30). The molecule has 154 valence electrons. The minimum Gasteiger partial charge on any atom is -0.322 e. The minimum absolute atomic E-state index is 0.205. The lowest BCUT2D eigenvalue weighted by atomic mass is 10.1. The molecule has 0 aliphatic carbocycles. The van der Waals surface area contributed by atoms with Crippen LogP contribution < -0.4 is 10.7 Å². The molecule has 4 rings (SSSR count). The number of benzene rings is 3. The Hall–Kier alpha value is -3.91. The summed E-state index contributed by atoms with van der Waals surface area (Å²) in [5, 5.41) is 4.37. The Bertz CT molecular complexity index is 1130. The zero-order valence-corrected chi connectivity index (χ0v) is 17.1. The van der Waals surface area contributed by atoms with E-state index >= 15 is 0 Å². The van der Waals surface area contributed by atoms with Gasteiger partial charge in [-0.05, 0) is 48.5 Å². The molecular formula is C23H18N4O3S. The van der Waals surface area contributed by atoms with E-state index < -0.39 is 5.91 Å². The molecule has 2 N–H and O–H groups in total. The molecule has 0 saturated carbocycles. The Labute approximate surface area is 183 Å². The van der Waals surface area contributed by atoms with Gasteiger partial charge in [-0.3, -0.25) is 19.8 Å². The highest BCUT2D eigenvalue weighted by Gasteiger charge is 2.30. The summed E-state index contributed by atoms with van der Waals surface area (Å²) in [6.07, 6.45) is 0. The zero-order valence-electron chi connectivity index (χ0n) is 16.3. The van der Waals surface area contributed by atoms with E-state index in [4.69, 9.17) is 0 Å². The van der Waals surface area contributed by atoms with E-state index in [1.54, 1.807) is 48.5 Å². The van der Waals surface area contributed by atoms with Crippen LogP contribution in [-0.4, -0.2) is 33.7 Å². The van der Waals surface area contributed by atoms with Gasteiger partial charge >= 0.3 is 0 Å². The minimum atomic E-state index is -0.447. The van der Waals surface area contributed by atoms with Crippen LogP contribution in [0.5, 0.6) is 0 Å². The summed E-state index contributed by atoms with van der Waals surface area (Å²) < 4.78 is 0. The fourth-order valence-electron chi connectivity index (χ4n) is 2.83. The SMILES string of the molecule is O=C(Nc1ccc(C(=O)NN2C(=O)CSC2=Nc2ccccc2)cc1)c1ccccc1. The largest absolute Gasteiger partial charge is 0.322 e. The van der Waals surface area contributed by atoms with Crippen LogP contribution in [0.25, 0.3) is 0 Å². The van der Waals surface area contributed by atoms with Gasteiger partial charge in [0, 0.05) is 16.8 Å². The Kier molecular flexibility index (Phi) is 6.09. The van der Waals surface area contributed by atoms with Crippen LogP contribution in [0.1, 0.15) is 20.7 Å². The molecule has 0 spiro atoms. The van der Waals surface area contributed by atoms with Gasteiger partial charge in [-0.15, -0.1) is 0 Å². The second kappa shape index (κ2) is 9.27. The lowest BCUT2D eigenvalue weighted by molar-refractivity contribution is -0.125. The number of carbonyl (C=O) groups is 3. The van der Waals surface area contributed by atoms with Crippen LogP contribution in [0.4, 0.5) is 11.4 Å². The monoisotopic (exact) mass is 430 g/mol. The van der Waals surface area contributed by atoms with E-state index in [0.29, 0.717) is 27.7 Å². The van der Waals surface area contributed by atoms with Crippen LogP contribution in [0.3, 0.4) is 0 Å². The third-order valence-corrected chi connectivity index (χ3v) is 5.32. The van der Waals surface area contributed by atoms with Crippen molar-refractivity contribution in [2.45, 2.75) is 0 Å². The van der Waals surface area contributed by atoms with Gasteiger partial charge in [-0.2, -0.15) is 5.01 Å². The number of hydrazine groups is 1. The van der Waals surface area contributed by atoms with Gasteiger partial charge in [0.05, 0.1) is 11.4 Å². The lowest BCUT2D eigenvalue weighted by Crippen LogP contribution is -2.45. The lowest BCUT2D eigenvalue weighted by Gasteiger charge is -2.17. The topological polar surface area (TPSA) is 90.9 Å². The van der Waals surface area contributed by atoms with E-state index in [1.807, 2.05) is 36.4 Å². The van der Waals surface area contributed by atoms with Crippen LogP contribution >= 0.6 is 11.8 Å². The first kappa shape index (κ1) is 20.4. The van der Waals surface area contributed by atoms with Crippen LogP contribution in [0.15, 0.2) is 89.9 Å². The summed E-state index contributed by atoms with van der Waals surface area (Å²) in [4.78, 5) is 41.5. The first-order valence-corrected chi connectivity index (χ1v) is 10.5. The molecule has 3 aromatic carbocycles. The van der Waals surface area contributed by atoms with Gasteiger partial charge < -0.3 is 5.32 Å².